The van der Waals surface area contributed by atoms with Crippen LogP contribution in [0.4, 0.5) is 4.79 Å². The van der Waals surface area contributed by atoms with Gasteiger partial charge in [-0.1, -0.05) is 25.5 Å². The zero-order chi connectivity index (χ0) is 17.7. The molecule has 2 amide bonds. The van der Waals surface area contributed by atoms with Crippen molar-refractivity contribution in [3.63, 3.8) is 0 Å². The smallest absolute Gasteiger partial charge is 0.388 e. The van der Waals surface area contributed by atoms with Crippen molar-refractivity contribution in [2.24, 2.45) is 7.05 Å². The number of hydrogen-bond donors (Lipinski definition) is 2. The van der Waals surface area contributed by atoms with Gasteiger partial charge in [0.25, 0.3) is 15.9 Å². The van der Waals surface area contributed by atoms with Crippen molar-refractivity contribution in [2.75, 3.05) is 6.54 Å². The highest BCUT2D eigenvalue weighted by molar-refractivity contribution is 7.90. The van der Waals surface area contributed by atoms with E-state index in [4.69, 9.17) is 4.42 Å². The molecule has 1 aromatic heterocycles. The Balaban J connectivity index is 2.31. The van der Waals surface area contributed by atoms with Crippen LogP contribution >= 0.6 is 0 Å². The number of unbranched alkanes of at least 4 members (excludes halogenated alkanes) is 1. The van der Waals surface area contributed by atoms with Crippen LogP contribution in [0.3, 0.4) is 0 Å². The molecule has 0 saturated carbocycles. The summed E-state index contributed by atoms with van der Waals surface area (Å²) >= 11 is 0. The summed E-state index contributed by atoms with van der Waals surface area (Å²) in [4.78, 5) is 22.9. The monoisotopic (exact) mass is 354 g/mol. The Bertz CT molecular complexity index is 885. The van der Waals surface area contributed by atoms with Crippen molar-refractivity contribution in [3.05, 3.63) is 34.8 Å². The number of carbonyl (C=O) groups is 1. The number of rotatable bonds is 6. The van der Waals surface area contributed by atoms with E-state index in [9.17, 15) is 18.0 Å². The van der Waals surface area contributed by atoms with Crippen molar-refractivity contribution < 1.29 is 17.6 Å². The highest BCUT2D eigenvalue weighted by Crippen LogP contribution is 2.24. The van der Waals surface area contributed by atoms with Crippen LogP contribution < -0.4 is 15.8 Å². The third-order valence-electron chi connectivity index (χ3n) is 3.14. The van der Waals surface area contributed by atoms with Gasteiger partial charge in [0.2, 0.25) is 0 Å². The Kier molecular flexibility index (Phi) is 5.39. The molecule has 0 radical (unpaired) electrons. The summed E-state index contributed by atoms with van der Waals surface area (Å²) in [5.41, 5.74) is 0.0871. The van der Waals surface area contributed by atoms with Crippen molar-refractivity contribution >= 4 is 16.1 Å². The predicted molar refractivity (Wildman–Crippen MR) is 85.8 cm³/mol. The zero-order valence-electron chi connectivity index (χ0n) is 13.3. The average molecular weight is 354 g/mol. The first-order valence-corrected chi connectivity index (χ1v) is 8.77. The van der Waals surface area contributed by atoms with Gasteiger partial charge in [0.05, 0.1) is 5.56 Å². The lowest BCUT2D eigenvalue weighted by molar-refractivity contribution is 0.245. The lowest BCUT2D eigenvalue weighted by Crippen LogP contribution is -2.39. The molecule has 2 rings (SSSR count). The summed E-state index contributed by atoms with van der Waals surface area (Å²) in [5.74, 6) is -0.864. The van der Waals surface area contributed by atoms with Gasteiger partial charge >= 0.3 is 11.8 Å². The van der Waals surface area contributed by atoms with Gasteiger partial charge in [0.1, 0.15) is 4.90 Å². The Morgan fingerprint density at radius 1 is 1.33 bits per heavy atom. The fraction of sp³-hybridized carbons (Fsp3) is 0.357. The summed E-state index contributed by atoms with van der Waals surface area (Å²) in [7, 11) is -2.77. The molecule has 0 aliphatic rings. The first-order valence-electron chi connectivity index (χ1n) is 7.29. The number of hydrogen-bond acceptors (Lipinski definition) is 6. The van der Waals surface area contributed by atoms with Crippen LogP contribution in [-0.2, 0) is 17.1 Å². The number of benzene rings is 1. The summed E-state index contributed by atoms with van der Waals surface area (Å²) in [5, 5.41) is 6.30. The Labute approximate surface area is 138 Å². The van der Waals surface area contributed by atoms with Crippen LogP contribution in [0, 0.1) is 0 Å². The van der Waals surface area contributed by atoms with Crippen LogP contribution in [0.2, 0.25) is 0 Å². The molecule has 130 valence electrons. The van der Waals surface area contributed by atoms with E-state index < -0.39 is 21.8 Å². The first kappa shape index (κ1) is 17.7. The molecule has 24 heavy (non-hydrogen) atoms. The predicted octanol–water partition coefficient (Wildman–Crippen LogP) is 0.828. The second-order valence-corrected chi connectivity index (χ2v) is 6.66. The minimum absolute atomic E-state index is 0.0871. The number of urea groups is 1. The third-order valence-corrected chi connectivity index (χ3v) is 4.53. The highest BCUT2D eigenvalue weighted by atomic mass is 32.2. The summed E-state index contributed by atoms with van der Waals surface area (Å²) in [6, 6.07) is 4.99. The van der Waals surface area contributed by atoms with Gasteiger partial charge in [-0.05, 0) is 18.6 Å². The first-order chi connectivity index (χ1) is 11.3. The Morgan fingerprint density at radius 3 is 2.67 bits per heavy atom. The van der Waals surface area contributed by atoms with Crippen molar-refractivity contribution in [3.8, 4) is 11.5 Å². The molecule has 0 saturated heterocycles. The van der Waals surface area contributed by atoms with Gasteiger partial charge in [0.15, 0.2) is 0 Å². The van der Waals surface area contributed by atoms with E-state index in [1.807, 2.05) is 11.6 Å². The van der Waals surface area contributed by atoms with Crippen LogP contribution in [0.15, 0.2) is 38.4 Å². The van der Waals surface area contributed by atoms with Crippen LogP contribution in [0.25, 0.3) is 11.5 Å². The largest absolute Gasteiger partial charge is 0.437 e. The standard InChI is InChI=1S/C14H18N4O5S/c1-3-4-9-15-13(19)17-24(21,22)11-8-6-5-7-10(11)12-16-18(2)14(20)23-12/h5-8H,3-4,9H2,1-2H3,(H2,15,17,19). The number of nitrogens with one attached hydrogen (secondary N) is 2. The number of amides is 2. The topological polar surface area (TPSA) is 123 Å². The van der Waals surface area contributed by atoms with E-state index in [1.54, 1.807) is 6.07 Å². The molecule has 0 aliphatic carbocycles. The molecule has 2 aromatic rings. The Hall–Kier alpha value is -2.62. The number of aryl methyl sites for hydroxylation is 1. The number of aromatic nitrogens is 2. The molecule has 10 heteroatoms. The molecular weight excluding hydrogens is 336 g/mol. The molecule has 1 heterocycles. The molecule has 0 unspecified atom stereocenters. The van der Waals surface area contributed by atoms with E-state index in [-0.39, 0.29) is 16.3 Å². The second kappa shape index (κ2) is 7.30. The molecule has 9 nitrogen and oxygen atoms in total. The molecular formula is C14H18N4O5S. The third kappa shape index (κ3) is 4.02. The van der Waals surface area contributed by atoms with Crippen LogP contribution in [-0.4, -0.2) is 30.8 Å². The fourth-order valence-electron chi connectivity index (χ4n) is 1.92. The van der Waals surface area contributed by atoms with Gasteiger partial charge in [-0.25, -0.2) is 22.7 Å². The second-order valence-electron chi connectivity index (χ2n) is 5.01. The van der Waals surface area contributed by atoms with Gasteiger partial charge in [-0.2, -0.15) is 4.68 Å². The molecule has 0 spiro atoms. The SMILES string of the molecule is CCCCNC(=O)NS(=O)(=O)c1ccccc1-c1nn(C)c(=O)o1. The molecule has 0 aliphatic heterocycles. The molecule has 0 atom stereocenters. The minimum Gasteiger partial charge on any atom is -0.388 e. The average Bonchev–Trinajstić information content (AvgIpc) is 2.86. The lowest BCUT2D eigenvalue weighted by atomic mass is 10.2. The van der Waals surface area contributed by atoms with Crippen molar-refractivity contribution in [1.29, 1.82) is 0 Å². The highest BCUT2D eigenvalue weighted by Gasteiger charge is 2.24. The summed E-state index contributed by atoms with van der Waals surface area (Å²) in [6.07, 6.45) is 1.61. The van der Waals surface area contributed by atoms with Crippen molar-refractivity contribution in [2.45, 2.75) is 24.7 Å². The number of nitrogens with zero attached hydrogens (tertiary/aromatic N) is 2. The van der Waals surface area contributed by atoms with Crippen LogP contribution in [0.1, 0.15) is 19.8 Å². The minimum atomic E-state index is -4.15. The van der Waals surface area contributed by atoms with Crippen LogP contribution in [0.5, 0.6) is 0 Å². The van der Waals surface area contributed by atoms with Gasteiger partial charge < -0.3 is 9.73 Å². The lowest BCUT2D eigenvalue weighted by Gasteiger charge is -2.10. The zero-order valence-corrected chi connectivity index (χ0v) is 14.1. The normalized spacial score (nSPS) is 11.2. The van der Waals surface area contributed by atoms with E-state index in [1.165, 1.54) is 25.2 Å². The maximum absolute atomic E-state index is 12.4. The van der Waals surface area contributed by atoms with E-state index in [0.717, 1.165) is 17.5 Å². The van der Waals surface area contributed by atoms with E-state index in [2.05, 4.69) is 10.4 Å². The quantitative estimate of drug-likeness (QED) is 0.741. The number of sulfonamides is 1. The van der Waals surface area contributed by atoms with Gasteiger partial charge in [-0.3, -0.25) is 0 Å². The fourth-order valence-corrected chi connectivity index (χ4v) is 3.05. The number of carbonyl (C=O) groups excluding carboxylic acids is 1. The Morgan fingerprint density at radius 2 is 2.04 bits per heavy atom. The molecule has 0 fully saturated rings. The molecule has 1 aromatic carbocycles. The van der Waals surface area contributed by atoms with E-state index in [0.29, 0.717) is 6.54 Å². The molecule has 2 N–H and O–H groups in total. The van der Waals surface area contributed by atoms with Gasteiger partial charge in [-0.15, -0.1) is 5.10 Å². The maximum Gasteiger partial charge on any atom is 0.437 e. The summed E-state index contributed by atoms with van der Waals surface area (Å²) in [6.45, 7) is 2.32. The molecule has 0 bridgehead atoms. The summed E-state index contributed by atoms with van der Waals surface area (Å²) < 4.78 is 32.7. The van der Waals surface area contributed by atoms with Gasteiger partial charge in [0, 0.05) is 13.6 Å². The van der Waals surface area contributed by atoms with E-state index >= 15 is 0 Å². The van der Waals surface area contributed by atoms with Crippen molar-refractivity contribution in [1.82, 2.24) is 19.8 Å². The maximum atomic E-state index is 12.4.